The van der Waals surface area contributed by atoms with E-state index in [4.69, 9.17) is 0 Å². The lowest BCUT2D eigenvalue weighted by atomic mass is 9.83. The maximum atomic E-state index is 10.1. The first-order valence-electron chi connectivity index (χ1n) is 9.75. The largest absolute Gasteiger partial charge is 0.192 e. The van der Waals surface area contributed by atoms with Gasteiger partial charge in [0.25, 0.3) is 0 Å². The highest BCUT2D eigenvalue weighted by molar-refractivity contribution is 6.14. The van der Waals surface area contributed by atoms with E-state index in [1.165, 1.54) is 0 Å². The molecule has 0 spiro atoms. The summed E-state index contributed by atoms with van der Waals surface area (Å²) >= 11 is 0. The Morgan fingerprint density at radius 1 is 0.467 bits per heavy atom. The summed E-state index contributed by atoms with van der Waals surface area (Å²) < 4.78 is 0. The van der Waals surface area contributed by atoms with E-state index in [1.54, 1.807) is 0 Å². The molecule has 0 unspecified atom stereocenters. The summed E-state index contributed by atoms with van der Waals surface area (Å²) in [6.45, 7) is 0. The van der Waals surface area contributed by atoms with Gasteiger partial charge < -0.3 is 0 Å². The van der Waals surface area contributed by atoms with Crippen LogP contribution in [0.3, 0.4) is 0 Å². The molecule has 0 saturated heterocycles. The van der Waals surface area contributed by atoms with Gasteiger partial charge >= 0.3 is 0 Å². The molecular formula is C28H16N2. The zero-order valence-electron chi connectivity index (χ0n) is 16.1. The highest BCUT2D eigenvalue weighted by atomic mass is 14.3. The average molecular weight is 380 g/mol. The predicted molar refractivity (Wildman–Crippen MR) is 122 cm³/mol. The average Bonchev–Trinajstić information content (AvgIpc) is 2.82. The quantitative estimate of drug-likeness (QED) is 0.307. The van der Waals surface area contributed by atoms with Crippen molar-refractivity contribution in [3.8, 4) is 34.4 Å². The van der Waals surface area contributed by atoms with Gasteiger partial charge in [0.2, 0.25) is 0 Å². The van der Waals surface area contributed by atoms with Crippen LogP contribution >= 0.6 is 0 Å². The summed E-state index contributed by atoms with van der Waals surface area (Å²) in [4.78, 5) is 0. The smallest absolute Gasteiger partial charge is 0.101 e. The van der Waals surface area contributed by atoms with Gasteiger partial charge in [0.1, 0.15) is 12.1 Å². The van der Waals surface area contributed by atoms with E-state index in [-0.39, 0.29) is 0 Å². The third kappa shape index (κ3) is 2.72. The van der Waals surface area contributed by atoms with Crippen LogP contribution in [0.1, 0.15) is 11.1 Å². The Morgan fingerprint density at radius 3 is 1.20 bits per heavy atom. The molecule has 30 heavy (non-hydrogen) atoms. The van der Waals surface area contributed by atoms with Gasteiger partial charge in [-0.2, -0.15) is 10.5 Å². The van der Waals surface area contributed by atoms with Gasteiger partial charge in [-0.25, -0.2) is 0 Å². The Hall–Kier alpha value is -4.40. The number of nitrogens with zero attached hydrogens (tertiary/aromatic N) is 2. The number of hydrogen-bond acceptors (Lipinski definition) is 2. The molecule has 5 rings (SSSR count). The molecule has 0 fully saturated rings. The molecule has 0 amide bonds. The molecule has 2 nitrogen and oxygen atoms in total. The van der Waals surface area contributed by atoms with Crippen molar-refractivity contribution in [2.75, 3.05) is 0 Å². The maximum Gasteiger partial charge on any atom is 0.101 e. The summed E-state index contributed by atoms with van der Waals surface area (Å²) in [7, 11) is 0. The Bertz CT molecular complexity index is 1370. The number of fused-ring (bicyclic) bond motifs is 2. The van der Waals surface area contributed by atoms with Gasteiger partial charge in [-0.15, -0.1) is 0 Å². The third-order valence-corrected chi connectivity index (χ3v) is 5.52. The molecule has 5 aromatic rings. The second-order valence-corrected chi connectivity index (χ2v) is 7.20. The zero-order chi connectivity index (χ0) is 20.5. The Kier molecular flexibility index (Phi) is 4.25. The molecule has 0 heterocycles. The topological polar surface area (TPSA) is 47.6 Å². The van der Waals surface area contributed by atoms with Crippen molar-refractivity contribution >= 4 is 21.5 Å². The molecular weight excluding hydrogens is 364 g/mol. The molecule has 138 valence electrons. The minimum absolute atomic E-state index is 0.422. The van der Waals surface area contributed by atoms with E-state index in [0.717, 1.165) is 43.8 Å². The summed E-state index contributed by atoms with van der Waals surface area (Å²) in [5.41, 5.74) is 4.34. The number of rotatable bonds is 2. The van der Waals surface area contributed by atoms with Gasteiger partial charge in [0.05, 0.1) is 11.1 Å². The molecule has 0 aliphatic rings. The van der Waals surface area contributed by atoms with Gasteiger partial charge in [-0.05, 0) is 44.8 Å². The minimum Gasteiger partial charge on any atom is -0.192 e. The van der Waals surface area contributed by atoms with E-state index in [2.05, 4.69) is 36.4 Å². The lowest BCUT2D eigenvalue weighted by molar-refractivity contribution is 1.44. The van der Waals surface area contributed by atoms with Crippen LogP contribution in [0.2, 0.25) is 0 Å². The second kappa shape index (κ2) is 7.21. The third-order valence-electron chi connectivity index (χ3n) is 5.52. The van der Waals surface area contributed by atoms with Gasteiger partial charge in [-0.1, -0.05) is 84.9 Å². The highest BCUT2D eigenvalue weighted by Gasteiger charge is 2.22. The SMILES string of the molecule is N#Cc1c(C#N)c(-c2ccccc2)c2cc3ccccc3cc2c1-c1ccccc1. The van der Waals surface area contributed by atoms with Crippen LogP contribution in [0, 0.1) is 22.7 Å². The normalized spacial score (nSPS) is 10.6. The molecule has 0 aliphatic carbocycles. The fourth-order valence-corrected chi connectivity index (χ4v) is 4.21. The van der Waals surface area contributed by atoms with Crippen LogP contribution in [0.25, 0.3) is 43.8 Å². The van der Waals surface area contributed by atoms with Crippen LogP contribution in [0.15, 0.2) is 97.1 Å². The van der Waals surface area contributed by atoms with Gasteiger partial charge in [0, 0.05) is 11.1 Å². The number of hydrogen-bond donors (Lipinski definition) is 0. The maximum absolute atomic E-state index is 10.1. The van der Waals surface area contributed by atoms with E-state index < -0.39 is 0 Å². The van der Waals surface area contributed by atoms with E-state index in [9.17, 15) is 10.5 Å². The molecule has 0 bridgehead atoms. The molecule has 2 heteroatoms. The second-order valence-electron chi connectivity index (χ2n) is 7.20. The molecule has 0 N–H and O–H groups in total. The van der Waals surface area contributed by atoms with Gasteiger partial charge in [0.15, 0.2) is 0 Å². The van der Waals surface area contributed by atoms with Crippen molar-refractivity contribution in [2.45, 2.75) is 0 Å². The lowest BCUT2D eigenvalue weighted by Gasteiger charge is -2.17. The Balaban J connectivity index is 2.07. The molecule has 0 radical (unpaired) electrons. The molecule has 5 aromatic carbocycles. The highest BCUT2D eigenvalue weighted by Crippen LogP contribution is 2.42. The predicted octanol–water partition coefficient (Wildman–Crippen LogP) is 7.07. The van der Waals surface area contributed by atoms with Crippen molar-refractivity contribution in [3.63, 3.8) is 0 Å². The number of benzene rings is 5. The molecule has 0 saturated carbocycles. The summed E-state index contributed by atoms with van der Waals surface area (Å²) in [6.07, 6.45) is 0. The molecule has 0 atom stereocenters. The van der Waals surface area contributed by atoms with Crippen molar-refractivity contribution in [1.29, 1.82) is 10.5 Å². The zero-order valence-corrected chi connectivity index (χ0v) is 16.1. The molecule has 0 aliphatic heterocycles. The van der Waals surface area contributed by atoms with Crippen LogP contribution in [-0.2, 0) is 0 Å². The fourth-order valence-electron chi connectivity index (χ4n) is 4.21. The monoisotopic (exact) mass is 380 g/mol. The van der Waals surface area contributed by atoms with Crippen molar-refractivity contribution in [2.24, 2.45) is 0 Å². The van der Waals surface area contributed by atoms with Crippen LogP contribution < -0.4 is 0 Å². The van der Waals surface area contributed by atoms with E-state index in [1.807, 2.05) is 72.8 Å². The summed E-state index contributed by atoms with van der Waals surface area (Å²) in [6, 6.07) is 36.9. The van der Waals surface area contributed by atoms with E-state index >= 15 is 0 Å². The minimum atomic E-state index is 0.422. The van der Waals surface area contributed by atoms with Crippen LogP contribution in [-0.4, -0.2) is 0 Å². The first-order valence-corrected chi connectivity index (χ1v) is 9.75. The van der Waals surface area contributed by atoms with Gasteiger partial charge in [-0.3, -0.25) is 0 Å². The fraction of sp³-hybridized carbons (Fsp3) is 0. The Morgan fingerprint density at radius 2 is 0.833 bits per heavy atom. The van der Waals surface area contributed by atoms with Crippen molar-refractivity contribution < 1.29 is 0 Å². The van der Waals surface area contributed by atoms with Crippen LogP contribution in [0.5, 0.6) is 0 Å². The van der Waals surface area contributed by atoms with E-state index in [0.29, 0.717) is 11.1 Å². The summed E-state index contributed by atoms with van der Waals surface area (Å²) in [5.74, 6) is 0. The standard InChI is InChI=1S/C28H16N2/c29-17-25-26(18-30)28(20-11-5-2-6-12-20)24-16-22-14-8-7-13-21(22)15-23(24)27(25)19-9-3-1-4-10-19/h1-16H. The summed E-state index contributed by atoms with van der Waals surface area (Å²) in [5, 5.41) is 24.4. The Labute approximate surface area is 174 Å². The van der Waals surface area contributed by atoms with Crippen molar-refractivity contribution in [1.82, 2.24) is 0 Å². The first kappa shape index (κ1) is 17.7. The molecule has 0 aromatic heterocycles. The number of nitriles is 2. The van der Waals surface area contributed by atoms with Crippen LogP contribution in [0.4, 0.5) is 0 Å². The first-order chi connectivity index (χ1) is 14.8. The van der Waals surface area contributed by atoms with Crippen molar-refractivity contribution in [3.05, 3.63) is 108 Å². The lowest BCUT2D eigenvalue weighted by Crippen LogP contribution is -1.97.